The van der Waals surface area contributed by atoms with Gasteiger partial charge in [0.05, 0.1) is 11.8 Å². The summed E-state index contributed by atoms with van der Waals surface area (Å²) >= 11 is 0. The minimum atomic E-state index is -0.991. The van der Waals surface area contributed by atoms with Crippen molar-refractivity contribution in [2.45, 2.75) is 38.7 Å². The molecule has 1 aliphatic carbocycles. The number of carboxylic acids is 1. The minimum absolute atomic E-state index is 0.0922. The third kappa shape index (κ3) is 4.57. The molecule has 0 spiro atoms. The fraction of sp³-hybridized carbons (Fsp3) is 0.250. The molecule has 1 aliphatic rings. The smallest absolute Gasteiger partial charge is 0.339 e. The van der Waals surface area contributed by atoms with E-state index in [0.29, 0.717) is 5.75 Å². The summed E-state index contributed by atoms with van der Waals surface area (Å²) in [6.45, 7) is 2.91. The third-order valence-electron chi connectivity index (χ3n) is 6.53. The van der Waals surface area contributed by atoms with Crippen molar-refractivity contribution in [2.24, 2.45) is 0 Å². The average Bonchev–Trinajstić information content (AvgIpc) is 2.83. The van der Waals surface area contributed by atoms with Gasteiger partial charge in [-0.1, -0.05) is 42.5 Å². The maximum Gasteiger partial charge on any atom is 0.339 e. The number of anilines is 1. The molecule has 0 amide bonds. The molecule has 0 radical (unpaired) electrons. The molecule has 1 fully saturated rings. The van der Waals surface area contributed by atoms with Gasteiger partial charge in [-0.2, -0.15) is 0 Å². The SMILES string of the molecule is Cc1c(CCNc2cc(-c3ccc(C(=O)O)c(OC4CCC4)c3)ncn2)ccc2ccccc12. The van der Waals surface area contributed by atoms with Gasteiger partial charge < -0.3 is 15.2 Å². The number of carbonyl (C=O) groups is 1. The van der Waals surface area contributed by atoms with Crippen LogP contribution in [0.25, 0.3) is 22.0 Å². The van der Waals surface area contributed by atoms with E-state index in [1.54, 1.807) is 18.2 Å². The molecule has 0 unspecified atom stereocenters. The first-order valence-electron chi connectivity index (χ1n) is 11.7. The number of fused-ring (bicyclic) bond motifs is 1. The van der Waals surface area contributed by atoms with Gasteiger partial charge in [-0.05, 0) is 66.6 Å². The second kappa shape index (κ2) is 9.51. The van der Waals surface area contributed by atoms with Gasteiger partial charge in [0, 0.05) is 18.2 Å². The Morgan fingerprint density at radius 2 is 1.94 bits per heavy atom. The van der Waals surface area contributed by atoms with E-state index in [4.69, 9.17) is 4.74 Å². The molecule has 1 heterocycles. The number of aromatic carboxylic acids is 1. The lowest BCUT2D eigenvalue weighted by atomic mass is 9.96. The molecule has 6 nitrogen and oxygen atoms in total. The van der Waals surface area contributed by atoms with Crippen molar-refractivity contribution in [2.75, 3.05) is 11.9 Å². The van der Waals surface area contributed by atoms with E-state index in [1.165, 1.54) is 28.2 Å². The topological polar surface area (TPSA) is 84.3 Å². The number of hydrogen-bond donors (Lipinski definition) is 2. The Bertz CT molecular complexity index is 1350. The van der Waals surface area contributed by atoms with Gasteiger partial charge >= 0.3 is 5.97 Å². The maximum absolute atomic E-state index is 11.6. The zero-order chi connectivity index (χ0) is 23.5. The van der Waals surface area contributed by atoms with Gasteiger partial charge in [-0.15, -0.1) is 0 Å². The van der Waals surface area contributed by atoms with E-state index in [2.05, 4.69) is 58.6 Å². The number of rotatable bonds is 8. The summed E-state index contributed by atoms with van der Waals surface area (Å²) in [5.41, 5.74) is 4.31. The molecule has 172 valence electrons. The molecule has 2 N–H and O–H groups in total. The van der Waals surface area contributed by atoms with Crippen LogP contribution in [-0.4, -0.2) is 33.7 Å². The van der Waals surface area contributed by atoms with Crippen LogP contribution in [0.2, 0.25) is 0 Å². The molecule has 1 saturated carbocycles. The lowest BCUT2D eigenvalue weighted by Crippen LogP contribution is -2.25. The van der Waals surface area contributed by atoms with Crippen LogP contribution in [0.15, 0.2) is 67.0 Å². The van der Waals surface area contributed by atoms with Crippen LogP contribution in [0, 0.1) is 6.92 Å². The summed E-state index contributed by atoms with van der Waals surface area (Å²) in [4.78, 5) is 20.4. The third-order valence-corrected chi connectivity index (χ3v) is 6.53. The highest BCUT2D eigenvalue weighted by Gasteiger charge is 2.22. The van der Waals surface area contributed by atoms with Crippen LogP contribution < -0.4 is 10.1 Å². The lowest BCUT2D eigenvalue weighted by Gasteiger charge is -2.27. The molecule has 4 aromatic rings. The highest BCUT2D eigenvalue weighted by atomic mass is 16.5. The minimum Gasteiger partial charge on any atom is -0.490 e. The van der Waals surface area contributed by atoms with E-state index in [9.17, 15) is 9.90 Å². The van der Waals surface area contributed by atoms with Gasteiger partial charge in [0.15, 0.2) is 0 Å². The average molecular weight is 454 g/mol. The molecule has 1 aromatic heterocycles. The van der Waals surface area contributed by atoms with Crippen LogP contribution in [0.4, 0.5) is 5.82 Å². The van der Waals surface area contributed by atoms with E-state index in [0.717, 1.165) is 49.3 Å². The van der Waals surface area contributed by atoms with Gasteiger partial charge in [-0.25, -0.2) is 14.8 Å². The van der Waals surface area contributed by atoms with Crippen molar-refractivity contribution >= 4 is 22.6 Å². The summed E-state index contributed by atoms with van der Waals surface area (Å²) < 4.78 is 5.95. The van der Waals surface area contributed by atoms with E-state index >= 15 is 0 Å². The highest BCUT2D eigenvalue weighted by Crippen LogP contribution is 2.31. The lowest BCUT2D eigenvalue weighted by molar-refractivity contribution is 0.0680. The zero-order valence-electron chi connectivity index (χ0n) is 19.1. The monoisotopic (exact) mass is 453 g/mol. The maximum atomic E-state index is 11.6. The fourth-order valence-electron chi connectivity index (χ4n) is 4.30. The number of aromatic nitrogens is 2. The number of carboxylic acid groups (broad SMARTS) is 1. The van der Waals surface area contributed by atoms with Crippen molar-refractivity contribution < 1.29 is 14.6 Å². The second-order valence-corrected chi connectivity index (χ2v) is 8.72. The molecule has 0 aliphatic heterocycles. The van der Waals surface area contributed by atoms with Crippen molar-refractivity contribution in [1.82, 2.24) is 9.97 Å². The van der Waals surface area contributed by atoms with Crippen LogP contribution in [0.1, 0.15) is 40.7 Å². The molecule has 0 atom stereocenters. The predicted molar refractivity (Wildman–Crippen MR) is 134 cm³/mol. The Morgan fingerprint density at radius 1 is 1.09 bits per heavy atom. The number of hydrogen-bond acceptors (Lipinski definition) is 5. The zero-order valence-corrected chi connectivity index (χ0v) is 19.1. The molecule has 6 heteroatoms. The number of nitrogens with zero attached hydrogens (tertiary/aromatic N) is 2. The van der Waals surface area contributed by atoms with Crippen molar-refractivity contribution in [3.8, 4) is 17.0 Å². The Labute approximate surface area is 198 Å². The van der Waals surface area contributed by atoms with E-state index in [1.807, 2.05) is 6.07 Å². The normalized spacial score (nSPS) is 13.4. The summed E-state index contributed by atoms with van der Waals surface area (Å²) in [6.07, 6.45) is 5.53. The summed E-state index contributed by atoms with van der Waals surface area (Å²) in [6, 6.07) is 19.8. The molecular formula is C28H27N3O3. The number of benzene rings is 3. The van der Waals surface area contributed by atoms with Gasteiger partial charge in [0.25, 0.3) is 0 Å². The standard InChI is InChI=1S/C28H27N3O3/c1-18-19(9-10-20-5-2-3-8-23(18)20)13-14-29-27-16-25(30-17-31-27)21-11-12-24(28(32)33)26(15-21)34-22-6-4-7-22/h2-3,5,8-12,15-17,22H,4,6-7,13-14H2,1H3,(H,32,33)(H,29,30,31). The summed E-state index contributed by atoms with van der Waals surface area (Å²) in [5, 5.41) is 15.5. The highest BCUT2D eigenvalue weighted by molar-refractivity contribution is 5.92. The number of aryl methyl sites for hydroxylation is 1. The van der Waals surface area contributed by atoms with E-state index in [-0.39, 0.29) is 11.7 Å². The Balaban J connectivity index is 1.30. The summed E-state index contributed by atoms with van der Waals surface area (Å²) in [5.74, 6) is 0.136. The summed E-state index contributed by atoms with van der Waals surface area (Å²) in [7, 11) is 0. The van der Waals surface area contributed by atoms with Gasteiger partial charge in [0.2, 0.25) is 0 Å². The van der Waals surface area contributed by atoms with Crippen LogP contribution >= 0.6 is 0 Å². The Kier molecular flexibility index (Phi) is 6.12. The van der Waals surface area contributed by atoms with Crippen molar-refractivity contribution in [3.63, 3.8) is 0 Å². The number of ether oxygens (including phenoxy) is 1. The van der Waals surface area contributed by atoms with Gasteiger partial charge in [0.1, 0.15) is 23.5 Å². The largest absolute Gasteiger partial charge is 0.490 e. The van der Waals surface area contributed by atoms with Crippen molar-refractivity contribution in [3.05, 3.63) is 83.7 Å². The Morgan fingerprint density at radius 3 is 2.74 bits per heavy atom. The molecule has 5 rings (SSSR count). The molecule has 0 bridgehead atoms. The quantitative estimate of drug-likeness (QED) is 0.346. The fourth-order valence-corrected chi connectivity index (χ4v) is 4.30. The molecular weight excluding hydrogens is 426 g/mol. The molecule has 34 heavy (non-hydrogen) atoms. The molecule has 0 saturated heterocycles. The first-order chi connectivity index (χ1) is 16.6. The second-order valence-electron chi connectivity index (χ2n) is 8.72. The first-order valence-corrected chi connectivity index (χ1v) is 11.7. The predicted octanol–water partition coefficient (Wildman–Crippen LogP) is 5.89. The molecule has 3 aromatic carbocycles. The van der Waals surface area contributed by atoms with E-state index < -0.39 is 5.97 Å². The van der Waals surface area contributed by atoms with Crippen LogP contribution in [0.5, 0.6) is 5.75 Å². The first kappa shape index (κ1) is 21.9. The Hall–Kier alpha value is -3.93. The van der Waals surface area contributed by atoms with Crippen LogP contribution in [0.3, 0.4) is 0 Å². The number of nitrogens with one attached hydrogen (secondary N) is 1. The van der Waals surface area contributed by atoms with Gasteiger partial charge in [-0.3, -0.25) is 0 Å². The van der Waals surface area contributed by atoms with Crippen molar-refractivity contribution in [1.29, 1.82) is 0 Å². The van der Waals surface area contributed by atoms with Crippen LogP contribution in [-0.2, 0) is 6.42 Å².